The number of aliphatic hydroxyl groups excluding tert-OH is 2. The summed E-state index contributed by atoms with van der Waals surface area (Å²) in [6, 6.07) is 7.48. The van der Waals surface area contributed by atoms with Crippen LogP contribution in [0.5, 0.6) is 0 Å². The van der Waals surface area contributed by atoms with E-state index < -0.39 is 0 Å². The van der Waals surface area contributed by atoms with Crippen molar-refractivity contribution in [1.29, 1.82) is 0 Å². The summed E-state index contributed by atoms with van der Waals surface area (Å²) in [5, 5.41) is 19.7. The van der Waals surface area contributed by atoms with Crippen molar-refractivity contribution in [2.45, 2.75) is 13.2 Å². The second-order valence-corrected chi connectivity index (χ2v) is 2.81. The number of benzene rings is 1. The molecule has 1 aromatic heterocycles. The van der Waals surface area contributed by atoms with Gasteiger partial charge in [-0.05, 0) is 0 Å². The van der Waals surface area contributed by atoms with Gasteiger partial charge in [0, 0.05) is 10.8 Å². The Hall–Kier alpha value is -1.32. The van der Waals surface area contributed by atoms with E-state index in [9.17, 15) is 0 Å². The van der Waals surface area contributed by atoms with Gasteiger partial charge in [0.25, 0.3) is 0 Å². The van der Waals surface area contributed by atoms with Gasteiger partial charge in [-0.2, -0.15) is 0 Å². The minimum absolute atomic E-state index is 0.138. The van der Waals surface area contributed by atoms with Gasteiger partial charge in [-0.1, -0.05) is 24.3 Å². The van der Waals surface area contributed by atoms with Gasteiger partial charge < -0.3 is 14.6 Å². The molecule has 0 aliphatic carbocycles. The Labute approximate surface area is 75.2 Å². The highest BCUT2D eigenvalue weighted by atomic mass is 16.4. The normalized spacial score (nSPS) is 10.9. The maximum absolute atomic E-state index is 8.97. The summed E-state index contributed by atoms with van der Waals surface area (Å²) in [5.74, 6) is 1.03. The molecule has 2 N–H and O–H groups in total. The Morgan fingerprint density at radius 3 is 1.77 bits per heavy atom. The highest BCUT2D eigenvalue weighted by Gasteiger charge is 2.10. The molecule has 0 saturated heterocycles. The molecule has 1 heterocycles. The van der Waals surface area contributed by atoms with E-state index >= 15 is 0 Å². The highest BCUT2D eigenvalue weighted by Crippen LogP contribution is 2.25. The number of fused-ring (bicyclic) bond motifs is 1. The minimum Gasteiger partial charge on any atom is -0.460 e. The zero-order valence-corrected chi connectivity index (χ0v) is 7.03. The van der Waals surface area contributed by atoms with Crippen LogP contribution in [0.2, 0.25) is 0 Å². The standard InChI is InChI=1S/C10H10O3/c11-5-9-7-3-1-2-4-8(7)10(6-12)13-9/h1-4,11-12H,5-6H2. The SMILES string of the molecule is OCc1oc(CO)c2ccccc12. The van der Waals surface area contributed by atoms with E-state index in [0.29, 0.717) is 11.5 Å². The Morgan fingerprint density at radius 2 is 1.38 bits per heavy atom. The molecule has 1 aromatic carbocycles. The molecule has 0 atom stereocenters. The summed E-state index contributed by atoms with van der Waals surface area (Å²) in [7, 11) is 0. The molecule has 68 valence electrons. The van der Waals surface area contributed by atoms with Crippen molar-refractivity contribution in [3.8, 4) is 0 Å². The van der Waals surface area contributed by atoms with E-state index in [-0.39, 0.29) is 13.2 Å². The fourth-order valence-electron chi connectivity index (χ4n) is 1.46. The van der Waals surface area contributed by atoms with Crippen molar-refractivity contribution in [1.82, 2.24) is 0 Å². The lowest BCUT2D eigenvalue weighted by Crippen LogP contribution is -1.77. The number of rotatable bonds is 2. The van der Waals surface area contributed by atoms with E-state index in [1.165, 1.54) is 0 Å². The Morgan fingerprint density at radius 1 is 0.923 bits per heavy atom. The van der Waals surface area contributed by atoms with E-state index in [1.54, 1.807) is 0 Å². The molecule has 2 aromatic rings. The largest absolute Gasteiger partial charge is 0.460 e. The van der Waals surface area contributed by atoms with Crippen LogP contribution < -0.4 is 0 Å². The van der Waals surface area contributed by atoms with E-state index in [1.807, 2.05) is 24.3 Å². The molecule has 3 nitrogen and oxygen atoms in total. The zero-order valence-electron chi connectivity index (χ0n) is 7.03. The maximum Gasteiger partial charge on any atom is 0.137 e. The molecule has 2 rings (SSSR count). The monoisotopic (exact) mass is 178 g/mol. The third-order valence-electron chi connectivity index (χ3n) is 2.06. The number of hydrogen-bond acceptors (Lipinski definition) is 3. The van der Waals surface area contributed by atoms with E-state index in [2.05, 4.69) is 0 Å². The quantitative estimate of drug-likeness (QED) is 0.731. The van der Waals surface area contributed by atoms with Gasteiger partial charge in [0.1, 0.15) is 24.7 Å². The fraction of sp³-hybridized carbons (Fsp3) is 0.200. The summed E-state index contributed by atoms with van der Waals surface area (Å²) in [4.78, 5) is 0. The second kappa shape index (κ2) is 3.20. The van der Waals surface area contributed by atoms with Crippen LogP contribution in [0.3, 0.4) is 0 Å². The van der Waals surface area contributed by atoms with Crippen LogP contribution in [0.1, 0.15) is 11.5 Å². The molecule has 0 aliphatic heterocycles. The Kier molecular flexibility index (Phi) is 2.04. The molecule has 0 spiro atoms. The fourth-order valence-corrected chi connectivity index (χ4v) is 1.46. The van der Waals surface area contributed by atoms with Crippen molar-refractivity contribution in [2.75, 3.05) is 0 Å². The first-order chi connectivity index (χ1) is 6.36. The molecule has 0 saturated carbocycles. The summed E-state index contributed by atoms with van der Waals surface area (Å²) >= 11 is 0. The lowest BCUT2D eigenvalue weighted by molar-refractivity contribution is 0.217. The predicted octanol–water partition coefficient (Wildman–Crippen LogP) is 1.42. The van der Waals surface area contributed by atoms with Gasteiger partial charge in [-0.15, -0.1) is 0 Å². The van der Waals surface area contributed by atoms with Gasteiger partial charge in [0.2, 0.25) is 0 Å². The van der Waals surface area contributed by atoms with Gasteiger partial charge in [0.15, 0.2) is 0 Å². The lowest BCUT2D eigenvalue weighted by atomic mass is 10.1. The van der Waals surface area contributed by atoms with Crippen molar-refractivity contribution >= 4 is 10.8 Å². The topological polar surface area (TPSA) is 53.6 Å². The molecule has 3 heteroatoms. The average Bonchev–Trinajstić information content (AvgIpc) is 2.56. The van der Waals surface area contributed by atoms with Crippen molar-refractivity contribution < 1.29 is 14.6 Å². The molecular weight excluding hydrogens is 168 g/mol. The summed E-state index contributed by atoms with van der Waals surface area (Å²) in [5.41, 5.74) is 0. The van der Waals surface area contributed by atoms with Gasteiger partial charge >= 0.3 is 0 Å². The predicted molar refractivity (Wildman–Crippen MR) is 48.1 cm³/mol. The van der Waals surface area contributed by atoms with Gasteiger partial charge in [-0.3, -0.25) is 0 Å². The molecule has 0 amide bonds. The minimum atomic E-state index is -0.138. The van der Waals surface area contributed by atoms with Crippen molar-refractivity contribution in [3.63, 3.8) is 0 Å². The van der Waals surface area contributed by atoms with Crippen LogP contribution in [0.4, 0.5) is 0 Å². The van der Waals surface area contributed by atoms with Crippen LogP contribution in [-0.2, 0) is 13.2 Å². The Balaban J connectivity index is 2.74. The van der Waals surface area contributed by atoms with Crippen LogP contribution in [0, 0.1) is 0 Å². The van der Waals surface area contributed by atoms with E-state index in [4.69, 9.17) is 14.6 Å². The molecule has 0 bridgehead atoms. The number of furan rings is 1. The molecule has 0 fully saturated rings. The summed E-state index contributed by atoms with van der Waals surface area (Å²) < 4.78 is 5.26. The molecule has 13 heavy (non-hydrogen) atoms. The average molecular weight is 178 g/mol. The van der Waals surface area contributed by atoms with Crippen LogP contribution in [0.25, 0.3) is 10.8 Å². The van der Waals surface area contributed by atoms with Gasteiger partial charge in [0.05, 0.1) is 0 Å². The highest BCUT2D eigenvalue weighted by molar-refractivity contribution is 5.86. The number of hydrogen-bond donors (Lipinski definition) is 2. The van der Waals surface area contributed by atoms with E-state index in [0.717, 1.165) is 10.8 Å². The van der Waals surface area contributed by atoms with Crippen molar-refractivity contribution in [2.24, 2.45) is 0 Å². The number of aliphatic hydroxyl groups is 2. The second-order valence-electron chi connectivity index (χ2n) is 2.81. The van der Waals surface area contributed by atoms with Crippen molar-refractivity contribution in [3.05, 3.63) is 35.8 Å². The first-order valence-corrected chi connectivity index (χ1v) is 4.08. The Bertz CT molecular complexity index is 379. The first kappa shape index (κ1) is 8.29. The summed E-state index contributed by atoms with van der Waals surface area (Å²) in [6.07, 6.45) is 0. The molecule has 0 aliphatic rings. The summed E-state index contributed by atoms with van der Waals surface area (Å²) in [6.45, 7) is -0.277. The molecule has 0 unspecified atom stereocenters. The van der Waals surface area contributed by atoms with Crippen LogP contribution in [0.15, 0.2) is 28.7 Å². The maximum atomic E-state index is 8.97. The first-order valence-electron chi connectivity index (χ1n) is 4.08. The van der Waals surface area contributed by atoms with Crippen LogP contribution >= 0.6 is 0 Å². The smallest absolute Gasteiger partial charge is 0.137 e. The third-order valence-corrected chi connectivity index (χ3v) is 2.06. The van der Waals surface area contributed by atoms with Crippen LogP contribution in [-0.4, -0.2) is 10.2 Å². The zero-order chi connectivity index (χ0) is 9.26. The van der Waals surface area contributed by atoms with Gasteiger partial charge in [-0.25, -0.2) is 0 Å². The molecular formula is C10H10O3. The molecule has 0 radical (unpaired) electrons. The third kappa shape index (κ3) is 1.22. The lowest BCUT2D eigenvalue weighted by Gasteiger charge is -1.88.